The van der Waals surface area contributed by atoms with Crippen LogP contribution >= 0.6 is 0 Å². The second-order valence-corrected chi connectivity index (χ2v) is 7.44. The van der Waals surface area contributed by atoms with Gasteiger partial charge in [0.05, 0.1) is 6.61 Å². The molecule has 0 amide bonds. The number of ether oxygens (including phenoxy) is 1. The van der Waals surface area contributed by atoms with Crippen molar-refractivity contribution in [1.82, 2.24) is 0 Å². The van der Waals surface area contributed by atoms with Crippen molar-refractivity contribution < 1.29 is 19.4 Å². The van der Waals surface area contributed by atoms with Crippen LogP contribution in [0.5, 0.6) is 0 Å². The number of esters is 1. The van der Waals surface area contributed by atoms with E-state index in [0.717, 1.165) is 12.8 Å². The lowest BCUT2D eigenvalue weighted by molar-refractivity contribution is -0.145. The van der Waals surface area contributed by atoms with Crippen LogP contribution in [0.1, 0.15) is 104 Å². The molecule has 2 atom stereocenters. The molecule has 154 valence electrons. The van der Waals surface area contributed by atoms with Gasteiger partial charge in [0.15, 0.2) is 0 Å². The molecule has 5 nitrogen and oxygen atoms in total. The first-order chi connectivity index (χ1) is 12.5. The molecule has 0 radical (unpaired) electrons. The zero-order valence-electron chi connectivity index (χ0n) is 17.0. The Morgan fingerprint density at radius 2 is 1.35 bits per heavy atom. The Hall–Kier alpha value is -1.10. The first-order valence-electron chi connectivity index (χ1n) is 10.6. The Morgan fingerprint density at radius 3 is 1.88 bits per heavy atom. The van der Waals surface area contributed by atoms with E-state index in [4.69, 9.17) is 15.6 Å². The molecule has 3 N–H and O–H groups in total. The molecule has 0 spiro atoms. The summed E-state index contributed by atoms with van der Waals surface area (Å²) in [6.07, 6.45) is 15.0. The third-order valence-electron chi connectivity index (χ3n) is 4.89. The smallest absolute Gasteiger partial charge is 0.320 e. The molecule has 0 rings (SSSR count). The number of nitrogens with two attached hydrogens (primary N) is 1. The van der Waals surface area contributed by atoms with Crippen LogP contribution < -0.4 is 5.73 Å². The Labute approximate surface area is 160 Å². The first-order valence-corrected chi connectivity index (χ1v) is 10.6. The van der Waals surface area contributed by atoms with Crippen LogP contribution in [-0.4, -0.2) is 29.7 Å². The van der Waals surface area contributed by atoms with Crippen LogP contribution in [0.3, 0.4) is 0 Å². The SMILES string of the molecule is CCCCCCCCC(CCCCCC)COC(=O)CC[C@H](N)C(=O)O. The van der Waals surface area contributed by atoms with Crippen molar-refractivity contribution in [3.05, 3.63) is 0 Å². The van der Waals surface area contributed by atoms with Gasteiger partial charge in [-0.2, -0.15) is 0 Å². The standard InChI is InChI=1S/C21H41NO4/c1-3-5-7-9-10-12-14-18(13-11-8-6-4-2)17-26-20(23)16-15-19(22)21(24)25/h18-19H,3-17,22H2,1-2H3,(H,24,25)/t18?,19-/m0/s1. The van der Waals surface area contributed by atoms with Crippen molar-refractivity contribution in [2.45, 2.75) is 110 Å². The van der Waals surface area contributed by atoms with Gasteiger partial charge in [-0.3, -0.25) is 9.59 Å². The van der Waals surface area contributed by atoms with E-state index >= 15 is 0 Å². The summed E-state index contributed by atoms with van der Waals surface area (Å²) in [7, 11) is 0. The molecule has 0 bridgehead atoms. The molecule has 0 aromatic heterocycles. The van der Waals surface area contributed by atoms with Gasteiger partial charge in [-0.15, -0.1) is 0 Å². The van der Waals surface area contributed by atoms with Gasteiger partial charge >= 0.3 is 11.9 Å². The van der Waals surface area contributed by atoms with E-state index in [0.29, 0.717) is 12.5 Å². The number of carboxylic acids is 1. The average molecular weight is 372 g/mol. The predicted molar refractivity (Wildman–Crippen MR) is 106 cm³/mol. The summed E-state index contributed by atoms with van der Waals surface area (Å²) in [4.78, 5) is 22.5. The van der Waals surface area contributed by atoms with Crippen LogP contribution in [0.2, 0.25) is 0 Å². The number of carbonyl (C=O) groups excluding carboxylic acids is 1. The van der Waals surface area contributed by atoms with E-state index in [1.165, 1.54) is 64.2 Å². The molecular weight excluding hydrogens is 330 g/mol. The lowest BCUT2D eigenvalue weighted by atomic mass is 9.95. The Kier molecular flexibility index (Phi) is 16.6. The highest BCUT2D eigenvalue weighted by atomic mass is 16.5. The molecule has 0 fully saturated rings. The number of aliphatic carboxylic acids is 1. The Balaban J connectivity index is 4.07. The zero-order valence-corrected chi connectivity index (χ0v) is 17.0. The summed E-state index contributed by atoms with van der Waals surface area (Å²) in [5, 5.41) is 8.75. The second-order valence-electron chi connectivity index (χ2n) is 7.44. The normalized spacial score (nSPS) is 13.3. The van der Waals surface area contributed by atoms with Crippen molar-refractivity contribution in [2.75, 3.05) is 6.61 Å². The lowest BCUT2D eigenvalue weighted by Crippen LogP contribution is -2.30. The van der Waals surface area contributed by atoms with Crippen molar-refractivity contribution in [3.63, 3.8) is 0 Å². The first kappa shape index (κ1) is 24.9. The molecule has 0 aliphatic rings. The van der Waals surface area contributed by atoms with Gasteiger partial charge in [-0.25, -0.2) is 0 Å². The highest BCUT2D eigenvalue weighted by Crippen LogP contribution is 2.19. The topological polar surface area (TPSA) is 89.6 Å². The van der Waals surface area contributed by atoms with E-state index in [1.807, 2.05) is 0 Å². The molecular formula is C21H41NO4. The maximum absolute atomic E-state index is 11.8. The van der Waals surface area contributed by atoms with E-state index in [9.17, 15) is 9.59 Å². The molecule has 26 heavy (non-hydrogen) atoms. The van der Waals surface area contributed by atoms with Crippen molar-refractivity contribution in [3.8, 4) is 0 Å². The molecule has 0 saturated carbocycles. The van der Waals surface area contributed by atoms with Gasteiger partial charge in [-0.1, -0.05) is 78.1 Å². The van der Waals surface area contributed by atoms with Crippen molar-refractivity contribution in [2.24, 2.45) is 11.7 Å². The molecule has 0 saturated heterocycles. The number of hydrogen-bond acceptors (Lipinski definition) is 4. The summed E-state index contributed by atoms with van der Waals surface area (Å²) in [5.41, 5.74) is 5.42. The van der Waals surface area contributed by atoms with Crippen molar-refractivity contribution in [1.29, 1.82) is 0 Å². The molecule has 5 heteroatoms. The van der Waals surface area contributed by atoms with E-state index in [-0.39, 0.29) is 18.8 Å². The van der Waals surface area contributed by atoms with Crippen LogP contribution in [0.25, 0.3) is 0 Å². The Morgan fingerprint density at radius 1 is 0.846 bits per heavy atom. The molecule has 0 aromatic rings. The summed E-state index contributed by atoms with van der Waals surface area (Å²) >= 11 is 0. The second kappa shape index (κ2) is 17.3. The molecule has 0 aliphatic carbocycles. The number of carboxylic acid groups (broad SMARTS) is 1. The summed E-state index contributed by atoms with van der Waals surface area (Å²) in [5.74, 6) is -0.979. The third kappa shape index (κ3) is 15.2. The lowest BCUT2D eigenvalue weighted by Gasteiger charge is -2.17. The summed E-state index contributed by atoms with van der Waals surface area (Å²) < 4.78 is 5.40. The minimum Gasteiger partial charge on any atom is -0.480 e. The fourth-order valence-electron chi connectivity index (χ4n) is 3.06. The van der Waals surface area contributed by atoms with E-state index in [1.54, 1.807) is 0 Å². The number of carbonyl (C=O) groups is 2. The highest BCUT2D eigenvalue weighted by Gasteiger charge is 2.16. The fraction of sp³-hybridized carbons (Fsp3) is 0.905. The quantitative estimate of drug-likeness (QED) is 0.260. The molecule has 0 heterocycles. The van der Waals surface area contributed by atoms with Gasteiger partial charge in [0.1, 0.15) is 6.04 Å². The van der Waals surface area contributed by atoms with Crippen LogP contribution in [0, 0.1) is 5.92 Å². The largest absolute Gasteiger partial charge is 0.480 e. The minimum atomic E-state index is -1.07. The van der Waals surface area contributed by atoms with Crippen LogP contribution in [0.4, 0.5) is 0 Å². The molecule has 1 unspecified atom stereocenters. The van der Waals surface area contributed by atoms with Gasteiger partial charge in [0.2, 0.25) is 0 Å². The molecule has 0 aromatic carbocycles. The van der Waals surface area contributed by atoms with Crippen LogP contribution in [0.15, 0.2) is 0 Å². The van der Waals surface area contributed by atoms with E-state index < -0.39 is 12.0 Å². The fourth-order valence-corrected chi connectivity index (χ4v) is 3.06. The van der Waals surface area contributed by atoms with Crippen LogP contribution in [-0.2, 0) is 14.3 Å². The van der Waals surface area contributed by atoms with Gasteiger partial charge in [0, 0.05) is 6.42 Å². The highest BCUT2D eigenvalue weighted by molar-refractivity contribution is 5.75. The Bertz CT molecular complexity index is 360. The monoisotopic (exact) mass is 371 g/mol. The zero-order chi connectivity index (χ0) is 19.6. The number of rotatable bonds is 18. The maximum atomic E-state index is 11.8. The summed E-state index contributed by atoms with van der Waals surface area (Å²) in [6, 6.07) is -0.990. The third-order valence-corrected chi connectivity index (χ3v) is 4.89. The average Bonchev–Trinajstić information content (AvgIpc) is 2.62. The number of unbranched alkanes of at least 4 members (excludes halogenated alkanes) is 8. The maximum Gasteiger partial charge on any atom is 0.320 e. The minimum absolute atomic E-state index is 0.0764. The van der Waals surface area contributed by atoms with E-state index in [2.05, 4.69) is 13.8 Å². The van der Waals surface area contributed by atoms with Crippen molar-refractivity contribution >= 4 is 11.9 Å². The summed E-state index contributed by atoms with van der Waals surface area (Å²) in [6.45, 7) is 4.89. The van der Waals surface area contributed by atoms with Gasteiger partial charge in [0.25, 0.3) is 0 Å². The van der Waals surface area contributed by atoms with Gasteiger partial charge in [-0.05, 0) is 25.2 Å². The molecule has 0 aliphatic heterocycles. The predicted octanol–water partition coefficient (Wildman–Crippen LogP) is 5.06. The number of hydrogen-bond donors (Lipinski definition) is 2. The van der Waals surface area contributed by atoms with Gasteiger partial charge < -0.3 is 15.6 Å².